The molecule has 1 fully saturated rings. The summed E-state index contributed by atoms with van der Waals surface area (Å²) in [4.78, 5) is 26.4. The molecule has 1 aliphatic rings. The quantitative estimate of drug-likeness (QED) is 0.734. The Hall–Kier alpha value is -2.29. The number of hydrogen-bond donors (Lipinski definition) is 2. The zero-order chi connectivity index (χ0) is 22.5. The van der Waals surface area contributed by atoms with Crippen LogP contribution in [0.1, 0.15) is 46.1 Å². The van der Waals surface area contributed by atoms with Crippen LogP contribution in [-0.2, 0) is 15.7 Å². The smallest absolute Gasteiger partial charge is 0.416 e. The zero-order valence-electron chi connectivity index (χ0n) is 17.8. The van der Waals surface area contributed by atoms with Crippen LogP contribution in [0.5, 0.6) is 0 Å². The van der Waals surface area contributed by atoms with Crippen molar-refractivity contribution in [3.63, 3.8) is 0 Å². The average molecular weight is 429 g/mol. The number of rotatable bonds is 5. The van der Waals surface area contributed by atoms with Crippen molar-refractivity contribution in [2.75, 3.05) is 25.0 Å². The van der Waals surface area contributed by atoms with Gasteiger partial charge in [0.1, 0.15) is 5.60 Å². The fourth-order valence-electron chi connectivity index (χ4n) is 3.31. The molecule has 2 amide bonds. The molecule has 1 heterocycles. The average Bonchev–Trinajstić information content (AvgIpc) is 2.64. The van der Waals surface area contributed by atoms with Crippen LogP contribution < -0.4 is 10.6 Å². The maximum atomic E-state index is 12.7. The first-order valence-corrected chi connectivity index (χ1v) is 10.0. The Morgan fingerprint density at radius 2 is 1.83 bits per heavy atom. The van der Waals surface area contributed by atoms with Crippen LogP contribution in [0.2, 0.25) is 0 Å². The summed E-state index contributed by atoms with van der Waals surface area (Å²) in [5.74, 6) is -0.0944. The molecular weight excluding hydrogens is 399 g/mol. The highest BCUT2D eigenvalue weighted by Gasteiger charge is 2.31. The summed E-state index contributed by atoms with van der Waals surface area (Å²) in [6.07, 6.45) is -3.06. The number of carbonyl (C=O) groups excluding carboxylic acids is 2. The van der Waals surface area contributed by atoms with Crippen molar-refractivity contribution in [1.29, 1.82) is 0 Å². The van der Waals surface area contributed by atoms with Gasteiger partial charge >= 0.3 is 12.3 Å². The number of ether oxygens (including phenoxy) is 1. The predicted octanol–water partition coefficient (Wildman–Crippen LogP) is 4.27. The molecule has 2 atom stereocenters. The van der Waals surface area contributed by atoms with Crippen molar-refractivity contribution in [3.8, 4) is 0 Å². The number of benzene rings is 1. The number of hydrogen-bond acceptors (Lipinski definition) is 4. The molecule has 2 unspecified atom stereocenters. The van der Waals surface area contributed by atoms with Crippen LogP contribution >= 0.6 is 0 Å². The van der Waals surface area contributed by atoms with Crippen LogP contribution in [0.4, 0.5) is 23.7 Å². The molecule has 0 radical (unpaired) electrons. The Morgan fingerprint density at radius 1 is 1.20 bits per heavy atom. The lowest BCUT2D eigenvalue weighted by atomic mass is 9.96. The molecule has 2 N–H and O–H groups in total. The van der Waals surface area contributed by atoms with Crippen LogP contribution in [0, 0.1) is 5.92 Å². The molecule has 168 valence electrons. The standard InChI is InChI=1S/C21H30F3N3O3/c1-14(18(28)26-17-9-7-16(8-10-17)21(22,23)24)27-11-5-6-15(13-27)12-25-19(29)30-20(2,3)4/h7-10,14-15H,5-6,11-13H2,1-4H3,(H,25,29)(H,26,28). The number of alkyl halides is 3. The number of amides is 2. The van der Waals surface area contributed by atoms with E-state index in [-0.39, 0.29) is 11.8 Å². The summed E-state index contributed by atoms with van der Waals surface area (Å²) in [5.41, 5.74) is -1.00. The fraction of sp³-hybridized carbons (Fsp3) is 0.619. The zero-order valence-corrected chi connectivity index (χ0v) is 17.8. The number of carbonyl (C=O) groups is 2. The van der Waals surface area contributed by atoms with Crippen molar-refractivity contribution in [3.05, 3.63) is 29.8 Å². The first kappa shape index (κ1) is 24.0. The van der Waals surface area contributed by atoms with E-state index in [1.54, 1.807) is 27.7 Å². The van der Waals surface area contributed by atoms with E-state index in [9.17, 15) is 22.8 Å². The number of likely N-dealkylation sites (tertiary alicyclic amines) is 1. The maximum absolute atomic E-state index is 12.7. The van der Waals surface area contributed by atoms with Gasteiger partial charge in [0.05, 0.1) is 11.6 Å². The summed E-state index contributed by atoms with van der Waals surface area (Å²) in [7, 11) is 0. The number of piperidine rings is 1. The monoisotopic (exact) mass is 429 g/mol. The van der Waals surface area contributed by atoms with Crippen LogP contribution in [0.25, 0.3) is 0 Å². The van der Waals surface area contributed by atoms with Gasteiger partial charge in [0, 0.05) is 18.8 Å². The van der Waals surface area contributed by atoms with E-state index in [0.717, 1.165) is 31.5 Å². The number of nitrogens with one attached hydrogen (secondary N) is 2. The van der Waals surface area contributed by atoms with E-state index >= 15 is 0 Å². The van der Waals surface area contributed by atoms with Gasteiger partial charge in [0.2, 0.25) is 5.91 Å². The minimum Gasteiger partial charge on any atom is -0.444 e. The Labute approximate surface area is 175 Å². The van der Waals surface area contributed by atoms with E-state index < -0.39 is 29.5 Å². The molecule has 0 spiro atoms. The SMILES string of the molecule is CC(C(=O)Nc1ccc(C(F)(F)F)cc1)N1CCCC(CNC(=O)OC(C)(C)C)C1. The maximum Gasteiger partial charge on any atom is 0.416 e. The summed E-state index contributed by atoms with van der Waals surface area (Å²) in [6, 6.07) is 3.93. The predicted molar refractivity (Wildman–Crippen MR) is 108 cm³/mol. The van der Waals surface area contributed by atoms with E-state index in [2.05, 4.69) is 10.6 Å². The largest absolute Gasteiger partial charge is 0.444 e. The fourth-order valence-corrected chi connectivity index (χ4v) is 3.31. The summed E-state index contributed by atoms with van der Waals surface area (Å²) >= 11 is 0. The molecule has 0 saturated carbocycles. The molecule has 1 aromatic rings. The normalized spacial score (nSPS) is 19.1. The number of alkyl carbamates (subject to hydrolysis) is 1. The van der Waals surface area contributed by atoms with Crippen LogP contribution in [-0.4, -0.2) is 48.2 Å². The van der Waals surface area contributed by atoms with E-state index in [4.69, 9.17) is 4.74 Å². The third-order valence-corrected chi connectivity index (χ3v) is 4.89. The molecule has 6 nitrogen and oxygen atoms in total. The first-order valence-electron chi connectivity index (χ1n) is 10.0. The van der Waals surface area contributed by atoms with Gasteiger partial charge in [-0.1, -0.05) is 0 Å². The lowest BCUT2D eigenvalue weighted by molar-refractivity contribution is -0.137. The van der Waals surface area contributed by atoms with Crippen molar-refractivity contribution in [1.82, 2.24) is 10.2 Å². The van der Waals surface area contributed by atoms with Crippen molar-refractivity contribution >= 4 is 17.7 Å². The molecule has 9 heteroatoms. The van der Waals surface area contributed by atoms with Gasteiger partial charge in [-0.15, -0.1) is 0 Å². The Kier molecular flexibility index (Phi) is 7.74. The highest BCUT2D eigenvalue weighted by Crippen LogP contribution is 2.30. The molecule has 1 saturated heterocycles. The lowest BCUT2D eigenvalue weighted by Crippen LogP contribution is -2.49. The second-order valence-corrected chi connectivity index (χ2v) is 8.63. The summed E-state index contributed by atoms with van der Waals surface area (Å²) in [5, 5.41) is 5.45. The van der Waals surface area contributed by atoms with Crippen molar-refractivity contribution < 1.29 is 27.5 Å². The van der Waals surface area contributed by atoms with Crippen LogP contribution in [0.15, 0.2) is 24.3 Å². The summed E-state index contributed by atoms with van der Waals surface area (Å²) in [6.45, 7) is 8.99. The number of halogens is 3. The van der Waals surface area contributed by atoms with E-state index in [0.29, 0.717) is 18.8 Å². The minimum atomic E-state index is -4.41. The van der Waals surface area contributed by atoms with Gasteiger partial charge in [0.15, 0.2) is 0 Å². The van der Waals surface area contributed by atoms with Crippen molar-refractivity contribution in [2.24, 2.45) is 5.92 Å². The van der Waals surface area contributed by atoms with Gasteiger partial charge < -0.3 is 15.4 Å². The Morgan fingerprint density at radius 3 is 2.40 bits per heavy atom. The number of nitrogens with zero attached hydrogens (tertiary/aromatic N) is 1. The van der Waals surface area contributed by atoms with Gasteiger partial charge in [-0.25, -0.2) is 4.79 Å². The highest BCUT2D eigenvalue weighted by molar-refractivity contribution is 5.94. The molecule has 0 bridgehead atoms. The topological polar surface area (TPSA) is 70.7 Å². The number of anilines is 1. The van der Waals surface area contributed by atoms with Gasteiger partial charge in [-0.2, -0.15) is 13.2 Å². The molecule has 0 aromatic heterocycles. The lowest BCUT2D eigenvalue weighted by Gasteiger charge is -2.36. The third kappa shape index (κ3) is 7.51. The molecule has 30 heavy (non-hydrogen) atoms. The van der Waals surface area contributed by atoms with Gasteiger partial charge in [0.25, 0.3) is 0 Å². The second kappa shape index (κ2) is 9.68. The van der Waals surface area contributed by atoms with Gasteiger partial charge in [-0.05, 0) is 77.3 Å². The van der Waals surface area contributed by atoms with Crippen LogP contribution in [0.3, 0.4) is 0 Å². The Bertz CT molecular complexity index is 730. The van der Waals surface area contributed by atoms with E-state index in [1.807, 2.05) is 4.90 Å². The molecule has 2 rings (SSSR count). The first-order chi connectivity index (χ1) is 13.8. The minimum absolute atomic E-state index is 0.188. The second-order valence-electron chi connectivity index (χ2n) is 8.63. The molecule has 1 aromatic carbocycles. The Balaban J connectivity index is 1.86. The molecule has 0 aliphatic carbocycles. The molecular formula is C21H30F3N3O3. The summed E-state index contributed by atoms with van der Waals surface area (Å²) < 4.78 is 43.2. The third-order valence-electron chi connectivity index (χ3n) is 4.89. The highest BCUT2D eigenvalue weighted by atomic mass is 19.4. The van der Waals surface area contributed by atoms with Gasteiger partial charge in [-0.3, -0.25) is 9.69 Å². The van der Waals surface area contributed by atoms with E-state index in [1.165, 1.54) is 12.1 Å². The van der Waals surface area contributed by atoms with Crippen molar-refractivity contribution in [2.45, 2.75) is 58.4 Å². The molecule has 1 aliphatic heterocycles.